The van der Waals surface area contributed by atoms with Gasteiger partial charge in [-0.2, -0.15) is 4.31 Å². The predicted molar refractivity (Wildman–Crippen MR) is 81.4 cm³/mol. The Kier molecular flexibility index (Phi) is 5.24. The molecule has 2 rings (SSSR count). The van der Waals surface area contributed by atoms with Crippen molar-refractivity contribution in [3.05, 3.63) is 29.6 Å². The molecule has 1 aliphatic rings. The first kappa shape index (κ1) is 16.7. The molecule has 1 heterocycles. The van der Waals surface area contributed by atoms with Crippen LogP contribution >= 0.6 is 11.6 Å². The maximum absolute atomic E-state index is 14.0. The van der Waals surface area contributed by atoms with Crippen LogP contribution in [0.5, 0.6) is 0 Å². The predicted octanol–water partition coefficient (Wildman–Crippen LogP) is 2.28. The van der Waals surface area contributed by atoms with Gasteiger partial charge < -0.3 is 4.90 Å². The largest absolute Gasteiger partial charge is 0.305 e. The van der Waals surface area contributed by atoms with Crippen LogP contribution in [0.2, 0.25) is 0 Å². The molecule has 0 spiro atoms. The smallest absolute Gasteiger partial charge is 0.246 e. The fourth-order valence-electron chi connectivity index (χ4n) is 2.66. The van der Waals surface area contributed by atoms with Gasteiger partial charge in [-0.1, -0.05) is 6.07 Å². The first-order valence-corrected chi connectivity index (χ1v) is 8.88. The average molecular weight is 335 g/mol. The highest BCUT2D eigenvalue weighted by Crippen LogP contribution is 2.24. The van der Waals surface area contributed by atoms with Crippen molar-refractivity contribution in [1.29, 1.82) is 0 Å². The fraction of sp³-hybridized carbons (Fsp3) is 0.571. The molecule has 1 aromatic carbocycles. The Bertz CT molecular complexity index is 609. The molecular weight excluding hydrogens is 315 g/mol. The normalized spacial score (nSPS) is 22.2. The van der Waals surface area contributed by atoms with Crippen LogP contribution in [-0.2, 0) is 15.9 Å². The van der Waals surface area contributed by atoms with Gasteiger partial charge >= 0.3 is 0 Å². The number of hydrogen-bond acceptors (Lipinski definition) is 3. The highest BCUT2D eigenvalue weighted by atomic mass is 35.5. The second-order valence-electron chi connectivity index (χ2n) is 5.48. The van der Waals surface area contributed by atoms with Crippen LogP contribution in [0.25, 0.3) is 0 Å². The van der Waals surface area contributed by atoms with E-state index in [0.717, 1.165) is 13.0 Å². The van der Waals surface area contributed by atoms with E-state index in [0.29, 0.717) is 18.7 Å². The molecule has 118 valence electrons. The van der Waals surface area contributed by atoms with Gasteiger partial charge in [-0.3, -0.25) is 0 Å². The summed E-state index contributed by atoms with van der Waals surface area (Å²) in [5.41, 5.74) is 0.594. The van der Waals surface area contributed by atoms with Crippen LogP contribution in [0, 0.1) is 5.82 Å². The summed E-state index contributed by atoms with van der Waals surface area (Å²) in [6.07, 6.45) is 0.733. The van der Waals surface area contributed by atoms with Crippen molar-refractivity contribution in [3.63, 3.8) is 0 Å². The van der Waals surface area contributed by atoms with Crippen LogP contribution in [0.1, 0.15) is 18.9 Å². The molecule has 1 aliphatic heterocycles. The number of nitrogens with zero attached hydrogens (tertiary/aromatic N) is 2. The van der Waals surface area contributed by atoms with Gasteiger partial charge in [0.25, 0.3) is 0 Å². The molecule has 0 saturated carbocycles. The summed E-state index contributed by atoms with van der Waals surface area (Å²) in [6.45, 7) is 3.72. The SMILES string of the molecule is CC1CN(C)CCCN1S(=O)(=O)c1cc(CCl)ccc1F. The highest BCUT2D eigenvalue weighted by molar-refractivity contribution is 7.89. The minimum Gasteiger partial charge on any atom is -0.305 e. The molecule has 0 bridgehead atoms. The number of halogens is 2. The fourth-order valence-corrected chi connectivity index (χ4v) is 4.61. The van der Waals surface area contributed by atoms with Crippen molar-refractivity contribution in [1.82, 2.24) is 9.21 Å². The van der Waals surface area contributed by atoms with Gasteiger partial charge in [0.15, 0.2) is 0 Å². The monoisotopic (exact) mass is 334 g/mol. The number of likely N-dealkylation sites (N-methyl/N-ethyl adjacent to an activating group) is 1. The first-order chi connectivity index (χ1) is 9.86. The van der Waals surface area contributed by atoms with Crippen LogP contribution in [0.15, 0.2) is 23.1 Å². The van der Waals surface area contributed by atoms with E-state index >= 15 is 0 Å². The molecule has 0 N–H and O–H groups in total. The van der Waals surface area contributed by atoms with Gasteiger partial charge in [0.1, 0.15) is 10.7 Å². The van der Waals surface area contributed by atoms with Gasteiger partial charge in [0.2, 0.25) is 10.0 Å². The van der Waals surface area contributed by atoms with Gasteiger partial charge in [0.05, 0.1) is 0 Å². The minimum absolute atomic E-state index is 0.154. The molecule has 0 aliphatic carbocycles. The maximum atomic E-state index is 14.0. The van der Waals surface area contributed by atoms with E-state index in [1.54, 1.807) is 0 Å². The molecule has 1 atom stereocenters. The zero-order valence-electron chi connectivity index (χ0n) is 12.2. The zero-order valence-corrected chi connectivity index (χ0v) is 13.8. The molecule has 0 amide bonds. The summed E-state index contributed by atoms with van der Waals surface area (Å²) in [5.74, 6) is -0.574. The zero-order chi connectivity index (χ0) is 15.6. The van der Waals surface area contributed by atoms with E-state index in [2.05, 4.69) is 4.90 Å². The lowest BCUT2D eigenvalue weighted by Gasteiger charge is -2.27. The van der Waals surface area contributed by atoms with Crippen LogP contribution in [0.3, 0.4) is 0 Å². The molecule has 1 fully saturated rings. The topological polar surface area (TPSA) is 40.6 Å². The summed E-state index contributed by atoms with van der Waals surface area (Å²) < 4.78 is 40.9. The lowest BCUT2D eigenvalue weighted by atomic mass is 10.2. The van der Waals surface area contributed by atoms with E-state index in [1.165, 1.54) is 22.5 Å². The first-order valence-electron chi connectivity index (χ1n) is 6.91. The van der Waals surface area contributed by atoms with Crippen molar-refractivity contribution in [2.24, 2.45) is 0 Å². The van der Waals surface area contributed by atoms with E-state index in [9.17, 15) is 12.8 Å². The minimum atomic E-state index is -3.85. The molecule has 0 radical (unpaired) electrons. The molecule has 21 heavy (non-hydrogen) atoms. The van der Waals surface area contributed by atoms with Gasteiger partial charge in [-0.25, -0.2) is 12.8 Å². The van der Waals surface area contributed by atoms with Crippen molar-refractivity contribution in [2.75, 3.05) is 26.7 Å². The molecular formula is C14H20ClFN2O2S. The molecule has 1 aromatic rings. The third-order valence-corrected chi connectivity index (χ3v) is 6.06. The summed E-state index contributed by atoms with van der Waals surface area (Å²) in [4.78, 5) is 1.81. The Morgan fingerprint density at radius 3 is 2.76 bits per heavy atom. The molecule has 1 saturated heterocycles. The van der Waals surface area contributed by atoms with Gasteiger partial charge in [-0.05, 0) is 44.6 Å². The highest BCUT2D eigenvalue weighted by Gasteiger charge is 2.33. The summed E-state index contributed by atoms with van der Waals surface area (Å²) in [7, 11) is -1.89. The number of benzene rings is 1. The quantitative estimate of drug-likeness (QED) is 0.796. The average Bonchev–Trinajstić information content (AvgIpc) is 2.60. The van der Waals surface area contributed by atoms with Crippen LogP contribution < -0.4 is 0 Å². The summed E-state index contributed by atoms with van der Waals surface area (Å²) in [6, 6.07) is 3.81. The standard InChI is InChI=1S/C14H20ClFN2O2S/c1-11-10-17(2)6-3-7-18(11)21(19,20)14-8-12(9-15)4-5-13(14)16/h4-5,8,11H,3,6-7,9-10H2,1-2H3. The Hall–Kier alpha value is -0.690. The maximum Gasteiger partial charge on any atom is 0.246 e. The molecule has 7 heteroatoms. The summed E-state index contributed by atoms with van der Waals surface area (Å²) in [5, 5.41) is 0. The van der Waals surface area contributed by atoms with Crippen molar-refractivity contribution in [2.45, 2.75) is 30.2 Å². The Morgan fingerprint density at radius 2 is 2.10 bits per heavy atom. The number of rotatable bonds is 3. The van der Waals surface area contributed by atoms with E-state index in [1.807, 2.05) is 14.0 Å². The lowest BCUT2D eigenvalue weighted by Crippen LogP contribution is -2.42. The number of sulfonamides is 1. The molecule has 4 nitrogen and oxygen atoms in total. The van der Waals surface area contributed by atoms with Gasteiger partial charge in [-0.15, -0.1) is 11.6 Å². The van der Waals surface area contributed by atoms with E-state index in [4.69, 9.17) is 11.6 Å². The van der Waals surface area contributed by atoms with Crippen molar-refractivity contribution < 1.29 is 12.8 Å². The number of alkyl halides is 1. The Balaban J connectivity index is 2.41. The van der Waals surface area contributed by atoms with E-state index < -0.39 is 15.8 Å². The van der Waals surface area contributed by atoms with E-state index in [-0.39, 0.29) is 16.8 Å². The second kappa shape index (κ2) is 6.60. The molecule has 1 unspecified atom stereocenters. The summed E-state index contributed by atoms with van der Waals surface area (Å²) >= 11 is 5.72. The number of hydrogen-bond donors (Lipinski definition) is 0. The van der Waals surface area contributed by atoms with Crippen molar-refractivity contribution >= 4 is 21.6 Å². The van der Waals surface area contributed by atoms with Crippen LogP contribution in [-0.4, -0.2) is 50.3 Å². The Morgan fingerprint density at radius 1 is 1.38 bits per heavy atom. The second-order valence-corrected chi connectivity index (χ2v) is 7.61. The third-order valence-electron chi connectivity index (χ3n) is 3.72. The third kappa shape index (κ3) is 3.56. The lowest BCUT2D eigenvalue weighted by molar-refractivity contribution is 0.290. The molecule has 0 aromatic heterocycles. The Labute approximate surface area is 130 Å². The van der Waals surface area contributed by atoms with Gasteiger partial charge in [0, 0.05) is 25.0 Å². The van der Waals surface area contributed by atoms with Crippen molar-refractivity contribution in [3.8, 4) is 0 Å². The van der Waals surface area contributed by atoms with Crippen LogP contribution in [0.4, 0.5) is 4.39 Å².